The summed E-state index contributed by atoms with van der Waals surface area (Å²) >= 11 is 0. The number of benzene rings is 1. The van der Waals surface area contributed by atoms with Crippen molar-refractivity contribution >= 4 is 11.9 Å². The van der Waals surface area contributed by atoms with E-state index in [-0.39, 0.29) is 37.3 Å². The van der Waals surface area contributed by atoms with Crippen LogP contribution in [-0.2, 0) is 22.1 Å². The Morgan fingerprint density at radius 1 is 1.35 bits per heavy atom. The van der Waals surface area contributed by atoms with E-state index in [9.17, 15) is 27.9 Å². The van der Waals surface area contributed by atoms with Crippen LogP contribution in [0.3, 0.4) is 0 Å². The van der Waals surface area contributed by atoms with Crippen molar-refractivity contribution in [2.75, 3.05) is 44.4 Å². The number of nitrogens with one attached hydrogen (secondary N) is 2. The van der Waals surface area contributed by atoms with Crippen molar-refractivity contribution in [3.63, 3.8) is 0 Å². The SMILES string of the molecule is Cc1nc(N2CCOCC2)[nH]c(=O)c1CCC(=O)NCC(O)COc1cccc(C(F)(F)F)c1. The number of rotatable bonds is 9. The second-order valence-corrected chi connectivity index (χ2v) is 7.85. The van der Waals surface area contributed by atoms with Crippen molar-refractivity contribution in [1.82, 2.24) is 15.3 Å². The molecule has 0 saturated carbocycles. The predicted octanol–water partition coefficient (Wildman–Crippen LogP) is 1.42. The molecule has 0 bridgehead atoms. The molecule has 1 unspecified atom stereocenters. The summed E-state index contributed by atoms with van der Waals surface area (Å²) in [4.78, 5) is 33.7. The summed E-state index contributed by atoms with van der Waals surface area (Å²) < 4.78 is 48.7. The molecule has 1 amide bonds. The van der Waals surface area contributed by atoms with Gasteiger partial charge < -0.3 is 24.8 Å². The number of H-pyrrole nitrogens is 1. The van der Waals surface area contributed by atoms with Gasteiger partial charge in [-0.3, -0.25) is 14.6 Å². The third-order valence-corrected chi connectivity index (χ3v) is 5.26. The summed E-state index contributed by atoms with van der Waals surface area (Å²) in [6.07, 6.45) is -5.45. The highest BCUT2D eigenvalue weighted by atomic mass is 19.4. The topological polar surface area (TPSA) is 117 Å². The van der Waals surface area contributed by atoms with Gasteiger partial charge in [0, 0.05) is 37.3 Å². The van der Waals surface area contributed by atoms with Crippen LogP contribution in [0.5, 0.6) is 5.75 Å². The molecule has 2 aromatic rings. The van der Waals surface area contributed by atoms with E-state index in [1.165, 1.54) is 12.1 Å². The average Bonchev–Trinajstić information content (AvgIpc) is 2.81. The van der Waals surface area contributed by atoms with Gasteiger partial charge in [-0.2, -0.15) is 13.2 Å². The lowest BCUT2D eigenvalue weighted by atomic mass is 10.1. The average molecular weight is 484 g/mol. The molecule has 12 heteroatoms. The number of alkyl halides is 3. The van der Waals surface area contributed by atoms with E-state index in [1.807, 2.05) is 4.90 Å². The fraction of sp³-hybridized carbons (Fsp3) is 0.500. The molecule has 3 rings (SSSR count). The van der Waals surface area contributed by atoms with E-state index in [4.69, 9.17) is 9.47 Å². The number of aliphatic hydroxyl groups is 1. The Bertz CT molecular complexity index is 1040. The van der Waals surface area contributed by atoms with Crippen LogP contribution in [0.2, 0.25) is 0 Å². The molecule has 2 heterocycles. The molecule has 9 nitrogen and oxygen atoms in total. The van der Waals surface area contributed by atoms with Crippen molar-refractivity contribution in [2.45, 2.75) is 32.0 Å². The third kappa shape index (κ3) is 7.19. The zero-order valence-corrected chi connectivity index (χ0v) is 18.7. The molecular weight excluding hydrogens is 457 g/mol. The molecule has 3 N–H and O–H groups in total. The molecule has 1 fully saturated rings. The van der Waals surface area contributed by atoms with E-state index < -0.39 is 23.8 Å². The van der Waals surface area contributed by atoms with Gasteiger partial charge in [-0.25, -0.2) is 4.98 Å². The number of aromatic nitrogens is 2. The number of aromatic amines is 1. The zero-order valence-electron chi connectivity index (χ0n) is 18.7. The number of morpholine rings is 1. The number of anilines is 1. The highest BCUT2D eigenvalue weighted by Gasteiger charge is 2.30. The van der Waals surface area contributed by atoms with Crippen molar-refractivity contribution in [2.24, 2.45) is 0 Å². The minimum Gasteiger partial charge on any atom is -0.491 e. The standard InChI is InChI=1S/C22H27F3N4O5/c1-14-18(20(32)28-21(27-14)29-7-9-33-10-8-29)5-6-19(31)26-12-16(30)13-34-17-4-2-3-15(11-17)22(23,24)25/h2-4,11,16,30H,5-10,12-13H2,1H3,(H,26,31)(H,27,28,32). The van der Waals surface area contributed by atoms with Crippen LogP contribution >= 0.6 is 0 Å². The van der Waals surface area contributed by atoms with E-state index in [2.05, 4.69) is 15.3 Å². The van der Waals surface area contributed by atoms with E-state index in [1.54, 1.807) is 6.92 Å². The van der Waals surface area contributed by atoms with E-state index in [0.717, 1.165) is 12.1 Å². The number of hydrogen-bond acceptors (Lipinski definition) is 7. The second-order valence-electron chi connectivity index (χ2n) is 7.85. The largest absolute Gasteiger partial charge is 0.491 e. The number of amides is 1. The lowest BCUT2D eigenvalue weighted by Gasteiger charge is -2.27. The normalized spacial score (nSPS) is 15.1. The fourth-order valence-corrected chi connectivity index (χ4v) is 3.39. The van der Waals surface area contributed by atoms with Crippen molar-refractivity contribution in [1.29, 1.82) is 0 Å². The highest BCUT2D eigenvalue weighted by Crippen LogP contribution is 2.31. The lowest BCUT2D eigenvalue weighted by molar-refractivity contribution is -0.137. The van der Waals surface area contributed by atoms with Crippen LogP contribution in [0.15, 0.2) is 29.1 Å². The Balaban J connectivity index is 1.44. The van der Waals surface area contributed by atoms with Gasteiger partial charge in [0.2, 0.25) is 11.9 Å². The monoisotopic (exact) mass is 484 g/mol. The number of aliphatic hydroxyl groups excluding tert-OH is 1. The first-order valence-electron chi connectivity index (χ1n) is 10.8. The van der Waals surface area contributed by atoms with Gasteiger partial charge in [-0.15, -0.1) is 0 Å². The van der Waals surface area contributed by atoms with Crippen molar-refractivity contribution in [3.05, 3.63) is 51.4 Å². The van der Waals surface area contributed by atoms with Gasteiger partial charge >= 0.3 is 6.18 Å². The maximum Gasteiger partial charge on any atom is 0.416 e. The summed E-state index contributed by atoms with van der Waals surface area (Å²) in [6.45, 7) is 3.63. The molecule has 0 spiro atoms. The van der Waals surface area contributed by atoms with Gasteiger partial charge in [-0.1, -0.05) is 6.07 Å². The second kappa shape index (κ2) is 11.3. The van der Waals surface area contributed by atoms with E-state index >= 15 is 0 Å². The molecule has 1 saturated heterocycles. The number of carbonyl (C=O) groups excluding carboxylic acids is 1. The number of aryl methyl sites for hydroxylation is 1. The zero-order chi connectivity index (χ0) is 24.7. The third-order valence-electron chi connectivity index (χ3n) is 5.26. The molecule has 1 aromatic heterocycles. The van der Waals surface area contributed by atoms with Crippen LogP contribution in [0.1, 0.15) is 23.2 Å². The quantitative estimate of drug-likeness (QED) is 0.493. The Hall–Kier alpha value is -3.12. The van der Waals surface area contributed by atoms with Crippen LogP contribution in [0.4, 0.5) is 19.1 Å². The van der Waals surface area contributed by atoms with Gasteiger partial charge in [0.1, 0.15) is 18.5 Å². The summed E-state index contributed by atoms with van der Waals surface area (Å²) in [5.74, 6) is 0.0417. The molecule has 186 valence electrons. The Morgan fingerprint density at radius 2 is 2.09 bits per heavy atom. The minimum absolute atomic E-state index is 0.00368. The van der Waals surface area contributed by atoms with Gasteiger partial charge in [0.05, 0.1) is 18.8 Å². The Morgan fingerprint density at radius 3 is 2.76 bits per heavy atom. The molecule has 0 aliphatic carbocycles. The summed E-state index contributed by atoms with van der Waals surface area (Å²) in [6, 6.07) is 4.31. The summed E-state index contributed by atoms with van der Waals surface area (Å²) in [7, 11) is 0. The number of hydrogen-bond donors (Lipinski definition) is 3. The van der Waals surface area contributed by atoms with Gasteiger partial charge in [-0.05, 0) is 31.5 Å². The first-order chi connectivity index (χ1) is 16.1. The van der Waals surface area contributed by atoms with Crippen molar-refractivity contribution in [3.8, 4) is 5.75 Å². The maximum atomic E-state index is 12.7. The number of halogens is 3. The molecule has 1 aliphatic heterocycles. The number of carbonyl (C=O) groups is 1. The Kier molecular flexibility index (Phi) is 8.51. The first kappa shape index (κ1) is 25.5. The molecule has 1 atom stereocenters. The van der Waals surface area contributed by atoms with E-state index in [0.29, 0.717) is 43.5 Å². The smallest absolute Gasteiger partial charge is 0.416 e. The summed E-state index contributed by atoms with van der Waals surface area (Å²) in [5, 5.41) is 12.5. The number of ether oxygens (including phenoxy) is 2. The molecule has 0 radical (unpaired) electrons. The summed E-state index contributed by atoms with van der Waals surface area (Å²) in [5.41, 5.74) is -0.227. The molecular formula is C22H27F3N4O5. The van der Waals surface area contributed by atoms with Crippen molar-refractivity contribution < 1.29 is 32.5 Å². The molecule has 1 aromatic carbocycles. The predicted molar refractivity (Wildman–Crippen MR) is 117 cm³/mol. The highest BCUT2D eigenvalue weighted by molar-refractivity contribution is 5.76. The van der Waals surface area contributed by atoms with Gasteiger partial charge in [0.25, 0.3) is 5.56 Å². The first-order valence-corrected chi connectivity index (χ1v) is 10.8. The van der Waals surface area contributed by atoms with Crippen LogP contribution in [0, 0.1) is 6.92 Å². The molecule has 34 heavy (non-hydrogen) atoms. The minimum atomic E-state index is -4.50. The van der Waals surface area contributed by atoms with Crippen LogP contribution < -0.4 is 20.5 Å². The fourth-order valence-electron chi connectivity index (χ4n) is 3.39. The van der Waals surface area contributed by atoms with Crippen LogP contribution in [0.25, 0.3) is 0 Å². The van der Waals surface area contributed by atoms with Gasteiger partial charge in [0.15, 0.2) is 0 Å². The maximum absolute atomic E-state index is 12.7. The molecule has 1 aliphatic rings. The Labute approximate surface area is 193 Å². The number of nitrogens with zero attached hydrogens (tertiary/aromatic N) is 2. The van der Waals surface area contributed by atoms with Crippen LogP contribution in [-0.4, -0.2) is 66.5 Å². The lowest BCUT2D eigenvalue weighted by Crippen LogP contribution is -2.39.